The van der Waals surface area contributed by atoms with E-state index in [1.807, 2.05) is 41.5 Å². The highest BCUT2D eigenvalue weighted by atomic mass is 17.2. The van der Waals surface area contributed by atoms with Crippen molar-refractivity contribution in [3.05, 3.63) is 0 Å². The molecule has 1 fully saturated rings. The summed E-state index contributed by atoms with van der Waals surface area (Å²) in [5, 5.41) is 0. The molecule has 1 aliphatic carbocycles. The molecule has 1 aliphatic rings. The molecule has 1 saturated carbocycles. The lowest BCUT2D eigenvalue weighted by atomic mass is 9.60. The first-order valence-corrected chi connectivity index (χ1v) is 10.1. The van der Waals surface area contributed by atoms with Crippen molar-refractivity contribution >= 4 is 0 Å². The minimum atomic E-state index is -0.347. The van der Waals surface area contributed by atoms with Crippen LogP contribution in [0.1, 0.15) is 95.9 Å². The fourth-order valence-electron chi connectivity index (χ4n) is 3.77. The van der Waals surface area contributed by atoms with E-state index in [0.29, 0.717) is 5.92 Å². The second-order valence-corrected chi connectivity index (χ2v) is 12.0. The first-order chi connectivity index (χ1) is 11.4. The normalized spacial score (nSPS) is 29.1. The van der Waals surface area contributed by atoms with E-state index < -0.39 is 0 Å². The summed E-state index contributed by atoms with van der Waals surface area (Å²) in [6.45, 7) is 25.7. The largest absolute Gasteiger partial charge is 0.232 e. The Labute approximate surface area is 162 Å². The topological polar surface area (TPSA) is 36.9 Å². The van der Waals surface area contributed by atoms with Gasteiger partial charge in [0, 0.05) is 5.92 Å². The monoisotopic (exact) mass is 372 g/mol. The van der Waals surface area contributed by atoms with Crippen molar-refractivity contribution in [3.63, 3.8) is 0 Å². The van der Waals surface area contributed by atoms with E-state index in [1.165, 1.54) is 0 Å². The fraction of sp³-hybridized carbons (Fsp3) is 1.00. The average Bonchev–Trinajstić information content (AvgIpc) is 2.38. The number of hydrogen-bond donors (Lipinski definition) is 0. The van der Waals surface area contributed by atoms with Gasteiger partial charge in [-0.1, -0.05) is 41.5 Å². The standard InChI is InChI=1S/C22H44O4/c1-19(2,3)15-13-14-16(23-25-21(7,8)9)17(20(4,5)6)18(15)24-26-22(10,11)12/h15-18H,13-14H2,1-12H3. The molecule has 0 aliphatic heterocycles. The quantitative estimate of drug-likeness (QED) is 0.426. The predicted octanol–water partition coefficient (Wildman–Crippen LogP) is 6.34. The van der Waals surface area contributed by atoms with E-state index in [-0.39, 0.29) is 40.2 Å². The Morgan fingerprint density at radius 2 is 1.04 bits per heavy atom. The van der Waals surface area contributed by atoms with Crippen LogP contribution in [-0.2, 0) is 19.6 Å². The van der Waals surface area contributed by atoms with E-state index in [9.17, 15) is 0 Å². The molecule has 4 atom stereocenters. The van der Waals surface area contributed by atoms with Crippen LogP contribution in [0.15, 0.2) is 0 Å². The summed E-state index contributed by atoms with van der Waals surface area (Å²) >= 11 is 0. The Kier molecular flexibility index (Phi) is 7.41. The van der Waals surface area contributed by atoms with Crippen molar-refractivity contribution in [2.24, 2.45) is 22.7 Å². The van der Waals surface area contributed by atoms with Crippen LogP contribution in [0, 0.1) is 22.7 Å². The lowest BCUT2D eigenvalue weighted by Gasteiger charge is -2.51. The van der Waals surface area contributed by atoms with Crippen LogP contribution in [0.4, 0.5) is 0 Å². The third-order valence-electron chi connectivity index (χ3n) is 4.86. The van der Waals surface area contributed by atoms with Crippen molar-refractivity contribution < 1.29 is 19.6 Å². The third-order valence-corrected chi connectivity index (χ3v) is 4.86. The molecule has 0 aromatic carbocycles. The summed E-state index contributed by atoms with van der Waals surface area (Å²) in [5.41, 5.74) is -0.546. The van der Waals surface area contributed by atoms with Crippen molar-refractivity contribution in [1.82, 2.24) is 0 Å². The third kappa shape index (κ3) is 7.46. The van der Waals surface area contributed by atoms with Gasteiger partial charge in [-0.2, -0.15) is 0 Å². The average molecular weight is 373 g/mol. The zero-order valence-electron chi connectivity index (χ0n) is 19.4. The predicted molar refractivity (Wildman–Crippen MR) is 107 cm³/mol. The summed E-state index contributed by atoms with van der Waals surface area (Å²) in [7, 11) is 0. The molecule has 4 nitrogen and oxygen atoms in total. The maximum absolute atomic E-state index is 6.15. The Bertz CT molecular complexity index is 431. The van der Waals surface area contributed by atoms with Gasteiger partial charge < -0.3 is 0 Å². The van der Waals surface area contributed by atoms with Crippen molar-refractivity contribution in [2.75, 3.05) is 0 Å². The van der Waals surface area contributed by atoms with Gasteiger partial charge in [0.1, 0.15) is 6.10 Å². The second-order valence-electron chi connectivity index (χ2n) is 12.0. The van der Waals surface area contributed by atoms with Crippen molar-refractivity contribution in [3.8, 4) is 0 Å². The molecule has 0 N–H and O–H groups in total. The summed E-state index contributed by atoms with van der Waals surface area (Å²) in [5.74, 6) is 0.564. The molecule has 0 saturated heterocycles. The number of hydrogen-bond acceptors (Lipinski definition) is 4. The lowest BCUT2D eigenvalue weighted by Crippen LogP contribution is -2.54. The highest BCUT2D eigenvalue weighted by Gasteiger charge is 2.51. The van der Waals surface area contributed by atoms with E-state index in [1.54, 1.807) is 0 Å². The van der Waals surface area contributed by atoms with E-state index in [4.69, 9.17) is 19.6 Å². The molecule has 0 radical (unpaired) electrons. The highest BCUT2D eigenvalue weighted by Crippen LogP contribution is 2.49. The molecule has 0 heterocycles. The summed E-state index contributed by atoms with van der Waals surface area (Å²) in [6, 6.07) is 0. The van der Waals surface area contributed by atoms with Crippen LogP contribution < -0.4 is 0 Å². The van der Waals surface area contributed by atoms with Gasteiger partial charge in [-0.15, -0.1) is 0 Å². The summed E-state index contributed by atoms with van der Waals surface area (Å²) < 4.78 is 0. The molecule has 4 heteroatoms. The van der Waals surface area contributed by atoms with E-state index >= 15 is 0 Å². The van der Waals surface area contributed by atoms with Crippen LogP contribution in [0.2, 0.25) is 0 Å². The molecular formula is C22H44O4. The van der Waals surface area contributed by atoms with Crippen LogP contribution in [0.5, 0.6) is 0 Å². The minimum absolute atomic E-state index is 0.00173. The van der Waals surface area contributed by atoms with E-state index in [0.717, 1.165) is 12.8 Å². The van der Waals surface area contributed by atoms with Gasteiger partial charge in [0.25, 0.3) is 0 Å². The smallest absolute Gasteiger partial charge is 0.102 e. The molecule has 156 valence electrons. The lowest BCUT2D eigenvalue weighted by molar-refractivity contribution is -0.431. The summed E-state index contributed by atoms with van der Waals surface area (Å²) in [4.78, 5) is 23.7. The van der Waals surface area contributed by atoms with Gasteiger partial charge in [-0.05, 0) is 71.1 Å². The Hall–Kier alpha value is -0.160. The SMILES string of the molecule is CC(C)(C)OOC1CCC(C(C)(C)C)C(OOC(C)(C)C)C1C(C)(C)C. The minimum Gasteiger partial charge on any atom is -0.232 e. The molecule has 0 aromatic rings. The van der Waals surface area contributed by atoms with E-state index in [2.05, 4.69) is 41.5 Å². The molecule has 4 unspecified atom stereocenters. The second kappa shape index (κ2) is 8.06. The van der Waals surface area contributed by atoms with Gasteiger partial charge in [0.05, 0.1) is 17.3 Å². The van der Waals surface area contributed by atoms with Crippen LogP contribution in [0.25, 0.3) is 0 Å². The molecule has 0 amide bonds. The van der Waals surface area contributed by atoms with Gasteiger partial charge >= 0.3 is 0 Å². The van der Waals surface area contributed by atoms with Crippen LogP contribution in [0.3, 0.4) is 0 Å². The molecule has 1 rings (SSSR count). The van der Waals surface area contributed by atoms with Gasteiger partial charge in [0.15, 0.2) is 0 Å². The zero-order valence-corrected chi connectivity index (χ0v) is 19.4. The van der Waals surface area contributed by atoms with Crippen LogP contribution in [-0.4, -0.2) is 23.4 Å². The Morgan fingerprint density at radius 1 is 0.577 bits per heavy atom. The molecular weight excluding hydrogens is 328 g/mol. The highest BCUT2D eigenvalue weighted by molar-refractivity contribution is 4.97. The van der Waals surface area contributed by atoms with Crippen LogP contribution >= 0.6 is 0 Å². The van der Waals surface area contributed by atoms with Crippen molar-refractivity contribution in [1.29, 1.82) is 0 Å². The van der Waals surface area contributed by atoms with Crippen molar-refractivity contribution in [2.45, 2.75) is 119 Å². The fourth-order valence-corrected chi connectivity index (χ4v) is 3.77. The molecule has 26 heavy (non-hydrogen) atoms. The first kappa shape index (κ1) is 23.9. The van der Waals surface area contributed by atoms with Gasteiger partial charge in [-0.25, -0.2) is 19.6 Å². The first-order valence-electron chi connectivity index (χ1n) is 10.1. The maximum atomic E-state index is 6.15. The molecule has 0 bridgehead atoms. The maximum Gasteiger partial charge on any atom is 0.102 e. The summed E-state index contributed by atoms with van der Waals surface area (Å²) in [6.07, 6.45) is 1.94. The molecule has 0 spiro atoms. The van der Waals surface area contributed by atoms with Gasteiger partial charge in [0.2, 0.25) is 0 Å². The number of rotatable bonds is 4. The Morgan fingerprint density at radius 3 is 1.42 bits per heavy atom. The van der Waals surface area contributed by atoms with Gasteiger partial charge in [-0.3, -0.25) is 0 Å². The Balaban J connectivity index is 3.15. The molecule has 0 aromatic heterocycles. The zero-order chi connectivity index (χ0) is 20.6.